The van der Waals surface area contributed by atoms with Gasteiger partial charge in [-0.2, -0.15) is 0 Å². The SMILES string of the molecule is CC(NC(=O)c1cc(-c2ccc(Cl)cc2)cc(N(C)C(=O)N2CCOCC2)c1)c1cnccn1. The average Bonchev–Trinajstić information content (AvgIpc) is 2.89. The lowest BCUT2D eigenvalue weighted by molar-refractivity contribution is 0.0551. The molecule has 0 saturated carbocycles. The number of aromatic nitrogens is 2. The van der Waals surface area contributed by atoms with Crippen LogP contribution in [0, 0.1) is 0 Å². The summed E-state index contributed by atoms with van der Waals surface area (Å²) in [6, 6.07) is 12.3. The predicted molar refractivity (Wildman–Crippen MR) is 131 cm³/mol. The van der Waals surface area contributed by atoms with Crippen LogP contribution in [0.2, 0.25) is 5.02 Å². The van der Waals surface area contributed by atoms with Crippen molar-refractivity contribution < 1.29 is 14.3 Å². The molecule has 3 amide bonds. The molecule has 1 atom stereocenters. The summed E-state index contributed by atoms with van der Waals surface area (Å²) < 4.78 is 5.36. The lowest BCUT2D eigenvalue weighted by Gasteiger charge is -2.31. The third kappa shape index (κ3) is 5.52. The maximum Gasteiger partial charge on any atom is 0.324 e. The molecule has 2 heterocycles. The topological polar surface area (TPSA) is 87.7 Å². The summed E-state index contributed by atoms with van der Waals surface area (Å²) in [7, 11) is 1.71. The second-order valence-corrected chi connectivity index (χ2v) is 8.48. The first kappa shape index (κ1) is 23.7. The summed E-state index contributed by atoms with van der Waals surface area (Å²) in [5, 5.41) is 3.59. The smallest absolute Gasteiger partial charge is 0.324 e. The molecule has 3 aromatic rings. The molecule has 0 aliphatic carbocycles. The molecule has 1 saturated heterocycles. The minimum Gasteiger partial charge on any atom is -0.378 e. The van der Waals surface area contributed by atoms with Gasteiger partial charge in [-0.15, -0.1) is 0 Å². The van der Waals surface area contributed by atoms with Crippen molar-refractivity contribution in [3.8, 4) is 11.1 Å². The zero-order valence-electron chi connectivity index (χ0n) is 19.1. The highest BCUT2D eigenvalue weighted by Crippen LogP contribution is 2.29. The Morgan fingerprint density at radius 2 is 1.82 bits per heavy atom. The molecule has 2 aromatic carbocycles. The van der Waals surface area contributed by atoms with Crippen molar-refractivity contribution in [2.45, 2.75) is 13.0 Å². The van der Waals surface area contributed by atoms with Gasteiger partial charge in [-0.25, -0.2) is 4.79 Å². The molecule has 0 radical (unpaired) electrons. The Morgan fingerprint density at radius 3 is 2.50 bits per heavy atom. The van der Waals surface area contributed by atoms with E-state index in [9.17, 15) is 9.59 Å². The molecule has 34 heavy (non-hydrogen) atoms. The number of benzene rings is 2. The number of amides is 3. The molecule has 1 aliphatic heterocycles. The minimum absolute atomic E-state index is 0.143. The van der Waals surface area contributed by atoms with Gasteiger partial charge in [0.25, 0.3) is 5.91 Å². The van der Waals surface area contributed by atoms with Crippen LogP contribution in [0.5, 0.6) is 0 Å². The van der Waals surface area contributed by atoms with E-state index in [1.165, 1.54) is 0 Å². The number of hydrogen-bond acceptors (Lipinski definition) is 5. The number of rotatable bonds is 5. The van der Waals surface area contributed by atoms with Crippen LogP contribution in [0.25, 0.3) is 11.1 Å². The van der Waals surface area contributed by atoms with Crippen molar-refractivity contribution in [3.63, 3.8) is 0 Å². The largest absolute Gasteiger partial charge is 0.378 e. The van der Waals surface area contributed by atoms with E-state index in [2.05, 4.69) is 15.3 Å². The number of carbonyl (C=O) groups is 2. The van der Waals surface area contributed by atoms with E-state index in [0.717, 1.165) is 11.1 Å². The molecule has 9 heteroatoms. The van der Waals surface area contributed by atoms with Gasteiger partial charge < -0.3 is 15.0 Å². The van der Waals surface area contributed by atoms with E-state index in [1.54, 1.807) is 59.7 Å². The van der Waals surface area contributed by atoms with Crippen molar-refractivity contribution in [1.29, 1.82) is 0 Å². The average molecular weight is 480 g/mol. The molecule has 1 fully saturated rings. The lowest BCUT2D eigenvalue weighted by atomic mass is 10.0. The van der Waals surface area contributed by atoms with E-state index in [1.807, 2.05) is 25.1 Å². The molecule has 1 unspecified atom stereocenters. The summed E-state index contributed by atoms with van der Waals surface area (Å²) in [6.07, 6.45) is 4.79. The molecule has 0 bridgehead atoms. The van der Waals surface area contributed by atoms with E-state index in [-0.39, 0.29) is 18.0 Å². The number of nitrogens with zero attached hydrogens (tertiary/aromatic N) is 4. The third-order valence-electron chi connectivity index (χ3n) is 5.69. The van der Waals surface area contributed by atoms with Crippen molar-refractivity contribution in [2.24, 2.45) is 0 Å². The van der Waals surface area contributed by atoms with Crippen molar-refractivity contribution in [1.82, 2.24) is 20.2 Å². The van der Waals surface area contributed by atoms with Gasteiger partial charge in [0.2, 0.25) is 0 Å². The fourth-order valence-electron chi connectivity index (χ4n) is 3.71. The van der Waals surface area contributed by atoms with Crippen LogP contribution in [-0.2, 0) is 4.74 Å². The molecule has 1 aromatic heterocycles. The number of anilines is 1. The molecule has 8 nitrogen and oxygen atoms in total. The number of halogens is 1. The van der Waals surface area contributed by atoms with Crippen LogP contribution < -0.4 is 10.2 Å². The second-order valence-electron chi connectivity index (χ2n) is 8.04. The van der Waals surface area contributed by atoms with Crippen molar-refractivity contribution >= 4 is 29.2 Å². The molecule has 1 N–H and O–H groups in total. The Balaban J connectivity index is 1.66. The summed E-state index contributed by atoms with van der Waals surface area (Å²) >= 11 is 6.06. The number of urea groups is 1. The summed E-state index contributed by atoms with van der Waals surface area (Å²) in [5.74, 6) is -0.276. The summed E-state index contributed by atoms with van der Waals surface area (Å²) in [4.78, 5) is 37.9. The monoisotopic (exact) mass is 479 g/mol. The molecule has 4 rings (SSSR count). The zero-order valence-corrected chi connectivity index (χ0v) is 19.8. The third-order valence-corrected chi connectivity index (χ3v) is 5.94. The maximum absolute atomic E-state index is 13.2. The molecule has 176 valence electrons. The van der Waals surface area contributed by atoms with E-state index in [0.29, 0.717) is 48.3 Å². The number of hydrogen-bond donors (Lipinski definition) is 1. The van der Waals surface area contributed by atoms with Gasteiger partial charge in [0.15, 0.2) is 0 Å². The van der Waals surface area contributed by atoms with Crippen LogP contribution in [-0.4, -0.2) is 60.2 Å². The first-order chi connectivity index (χ1) is 16.4. The maximum atomic E-state index is 13.2. The van der Waals surface area contributed by atoms with Gasteiger partial charge in [-0.05, 0) is 48.4 Å². The first-order valence-electron chi connectivity index (χ1n) is 11.0. The van der Waals surface area contributed by atoms with Crippen LogP contribution >= 0.6 is 11.6 Å². The highest BCUT2D eigenvalue weighted by molar-refractivity contribution is 6.30. The second kappa shape index (κ2) is 10.6. The lowest BCUT2D eigenvalue weighted by Crippen LogP contribution is -2.47. The molecular formula is C25H26ClN5O3. The van der Waals surface area contributed by atoms with Gasteiger partial charge in [0, 0.05) is 48.8 Å². The van der Waals surface area contributed by atoms with Gasteiger partial charge in [0.1, 0.15) is 0 Å². The number of morpholine rings is 1. The van der Waals surface area contributed by atoms with E-state index < -0.39 is 0 Å². The fraction of sp³-hybridized carbons (Fsp3) is 0.280. The van der Waals surface area contributed by atoms with Crippen LogP contribution in [0.1, 0.15) is 29.0 Å². The highest BCUT2D eigenvalue weighted by Gasteiger charge is 2.23. The Morgan fingerprint density at radius 1 is 1.09 bits per heavy atom. The fourth-order valence-corrected chi connectivity index (χ4v) is 3.84. The molecular weight excluding hydrogens is 454 g/mol. The minimum atomic E-state index is -0.337. The first-order valence-corrected chi connectivity index (χ1v) is 11.4. The Bertz CT molecular complexity index is 1150. The van der Waals surface area contributed by atoms with Crippen LogP contribution in [0.15, 0.2) is 61.1 Å². The van der Waals surface area contributed by atoms with Gasteiger partial charge in [0.05, 0.1) is 31.1 Å². The van der Waals surface area contributed by atoms with Crippen LogP contribution in [0.4, 0.5) is 10.5 Å². The normalized spacial score (nSPS) is 14.4. The summed E-state index contributed by atoms with van der Waals surface area (Å²) in [6.45, 7) is 3.93. The van der Waals surface area contributed by atoms with Crippen molar-refractivity contribution in [3.05, 3.63) is 77.3 Å². The van der Waals surface area contributed by atoms with Crippen LogP contribution in [0.3, 0.4) is 0 Å². The van der Waals surface area contributed by atoms with Gasteiger partial charge in [-0.3, -0.25) is 19.7 Å². The van der Waals surface area contributed by atoms with E-state index in [4.69, 9.17) is 16.3 Å². The number of carbonyl (C=O) groups excluding carboxylic acids is 2. The van der Waals surface area contributed by atoms with Gasteiger partial charge in [-0.1, -0.05) is 23.7 Å². The predicted octanol–water partition coefficient (Wildman–Crippen LogP) is 4.18. The molecule has 1 aliphatic rings. The molecule has 0 spiro atoms. The number of ether oxygens (including phenoxy) is 1. The zero-order chi connectivity index (χ0) is 24.1. The number of nitrogens with one attached hydrogen (secondary N) is 1. The standard InChI is InChI=1S/C25H26ClN5O3/c1-17(23-16-27-7-8-28-23)29-24(32)20-13-19(18-3-5-21(26)6-4-18)14-22(15-20)30(2)25(33)31-9-11-34-12-10-31/h3-8,13-17H,9-12H2,1-2H3,(H,29,32). The van der Waals surface area contributed by atoms with Gasteiger partial charge >= 0.3 is 6.03 Å². The Kier molecular flexibility index (Phi) is 7.40. The quantitative estimate of drug-likeness (QED) is 0.593. The van der Waals surface area contributed by atoms with Crippen molar-refractivity contribution in [2.75, 3.05) is 38.3 Å². The Labute approximate surface area is 203 Å². The summed E-state index contributed by atoms with van der Waals surface area (Å²) in [5.41, 5.74) is 3.38. The van der Waals surface area contributed by atoms with E-state index >= 15 is 0 Å². The highest BCUT2D eigenvalue weighted by atomic mass is 35.5. The Hall–Kier alpha value is -3.49.